The highest BCUT2D eigenvalue weighted by molar-refractivity contribution is 7.89. The molecule has 33 heavy (non-hydrogen) atoms. The molecule has 13 heteroatoms. The average molecular weight is 492 g/mol. The summed E-state index contributed by atoms with van der Waals surface area (Å²) >= 11 is 1.43. The van der Waals surface area contributed by atoms with Crippen LogP contribution in [0, 0.1) is 0 Å². The first kappa shape index (κ1) is 22.9. The first-order valence-corrected chi connectivity index (χ1v) is 12.4. The highest BCUT2D eigenvalue weighted by Crippen LogP contribution is 2.25. The number of hydrogen-bond donors (Lipinski definition) is 1. The molecule has 0 saturated carbocycles. The van der Waals surface area contributed by atoms with E-state index in [2.05, 4.69) is 15.5 Å². The van der Waals surface area contributed by atoms with Gasteiger partial charge in [-0.25, -0.2) is 13.2 Å². The Labute approximate surface area is 194 Å². The topological polar surface area (TPSA) is 135 Å². The van der Waals surface area contributed by atoms with E-state index in [1.54, 1.807) is 6.92 Å². The number of benzene rings is 1. The fourth-order valence-electron chi connectivity index (χ4n) is 3.20. The van der Waals surface area contributed by atoms with Crippen LogP contribution in [-0.4, -0.2) is 72.6 Å². The third kappa shape index (κ3) is 5.05. The van der Waals surface area contributed by atoms with E-state index in [9.17, 15) is 18.0 Å². The Balaban J connectivity index is 1.38. The summed E-state index contributed by atoms with van der Waals surface area (Å²) < 4.78 is 37.6. The van der Waals surface area contributed by atoms with Crippen molar-refractivity contribution in [2.24, 2.45) is 0 Å². The molecule has 2 aromatic heterocycles. The van der Waals surface area contributed by atoms with Crippen molar-refractivity contribution < 1.29 is 27.2 Å². The van der Waals surface area contributed by atoms with Crippen LogP contribution in [0.25, 0.3) is 10.8 Å². The minimum Gasteiger partial charge on any atom is -0.450 e. The summed E-state index contributed by atoms with van der Waals surface area (Å²) in [7, 11) is -3.76. The average Bonchev–Trinajstić information content (AvgIpc) is 3.51. The third-order valence-corrected chi connectivity index (χ3v) is 7.67. The smallest absolute Gasteiger partial charge is 0.409 e. The molecular weight excluding hydrogens is 470 g/mol. The molecule has 3 aromatic rings. The van der Waals surface area contributed by atoms with Gasteiger partial charge >= 0.3 is 12.1 Å². The number of ether oxygens (including phenoxy) is 1. The summed E-state index contributed by atoms with van der Waals surface area (Å²) in [5, 5.41) is 12.1. The van der Waals surface area contributed by atoms with Crippen LogP contribution in [0.1, 0.15) is 17.3 Å². The van der Waals surface area contributed by atoms with Crippen molar-refractivity contribution in [1.29, 1.82) is 0 Å². The van der Waals surface area contributed by atoms with Crippen LogP contribution in [0.5, 0.6) is 0 Å². The van der Waals surface area contributed by atoms with Crippen molar-refractivity contribution in [3.8, 4) is 10.8 Å². The Kier molecular flexibility index (Phi) is 6.72. The molecule has 1 aromatic carbocycles. The number of hydrogen-bond acceptors (Lipinski definition) is 9. The van der Waals surface area contributed by atoms with Crippen molar-refractivity contribution in [3.05, 3.63) is 47.3 Å². The van der Waals surface area contributed by atoms with Crippen LogP contribution in [-0.2, 0) is 14.8 Å². The molecule has 1 fully saturated rings. The predicted molar refractivity (Wildman–Crippen MR) is 119 cm³/mol. The minimum absolute atomic E-state index is 0.0560. The van der Waals surface area contributed by atoms with Gasteiger partial charge in [0.15, 0.2) is 0 Å². The molecule has 1 aliphatic rings. The molecule has 1 N–H and O–H groups in total. The van der Waals surface area contributed by atoms with Crippen LogP contribution in [0.2, 0.25) is 0 Å². The Morgan fingerprint density at radius 1 is 1.12 bits per heavy atom. The standard InChI is InChI=1S/C20H21N5O6S2/c1-2-30-20(27)24-9-11-25(12-10-24)33(28,29)15-7-5-14(6-8-15)17(26)21-19-23-22-18(31-19)16-4-3-13-32-16/h3-8,13H,2,9-12H2,1H3,(H,21,23,26). The number of sulfonamides is 1. The number of piperazine rings is 1. The molecule has 3 heterocycles. The molecule has 0 aliphatic carbocycles. The number of nitrogens with one attached hydrogen (secondary N) is 1. The lowest BCUT2D eigenvalue weighted by Crippen LogP contribution is -2.50. The second kappa shape index (κ2) is 9.68. The summed E-state index contributed by atoms with van der Waals surface area (Å²) in [5.41, 5.74) is 0.233. The molecular formula is C20H21N5O6S2. The van der Waals surface area contributed by atoms with E-state index in [0.29, 0.717) is 5.89 Å². The third-order valence-electron chi connectivity index (χ3n) is 4.90. The van der Waals surface area contributed by atoms with E-state index < -0.39 is 22.0 Å². The van der Waals surface area contributed by atoms with E-state index in [4.69, 9.17) is 9.15 Å². The highest BCUT2D eigenvalue weighted by Gasteiger charge is 2.30. The number of nitrogens with zero attached hydrogens (tertiary/aromatic N) is 4. The Morgan fingerprint density at radius 3 is 2.48 bits per heavy atom. The molecule has 0 unspecified atom stereocenters. The first-order valence-electron chi connectivity index (χ1n) is 10.1. The van der Waals surface area contributed by atoms with Gasteiger partial charge in [-0.2, -0.15) is 4.31 Å². The maximum Gasteiger partial charge on any atom is 0.409 e. The van der Waals surface area contributed by atoms with Crippen LogP contribution < -0.4 is 5.32 Å². The lowest BCUT2D eigenvalue weighted by molar-refractivity contribution is 0.0933. The largest absolute Gasteiger partial charge is 0.450 e. The molecule has 2 amide bonds. The van der Waals surface area contributed by atoms with Crippen molar-refractivity contribution in [1.82, 2.24) is 19.4 Å². The molecule has 4 rings (SSSR count). The predicted octanol–water partition coefficient (Wildman–Crippen LogP) is 2.51. The van der Waals surface area contributed by atoms with Gasteiger partial charge in [0, 0.05) is 31.7 Å². The molecule has 0 radical (unpaired) electrons. The Morgan fingerprint density at radius 2 is 1.85 bits per heavy atom. The highest BCUT2D eigenvalue weighted by atomic mass is 32.2. The van der Waals surface area contributed by atoms with E-state index in [1.807, 2.05) is 17.5 Å². The van der Waals surface area contributed by atoms with Gasteiger partial charge in [-0.15, -0.1) is 16.4 Å². The van der Waals surface area contributed by atoms with Crippen molar-refractivity contribution in [2.75, 3.05) is 38.1 Å². The minimum atomic E-state index is -3.76. The van der Waals surface area contributed by atoms with Gasteiger partial charge in [0.05, 0.1) is 16.4 Å². The number of thiophene rings is 1. The fraction of sp³-hybridized carbons (Fsp3) is 0.300. The molecule has 0 bridgehead atoms. The Bertz CT molecular complexity index is 1220. The SMILES string of the molecule is CCOC(=O)N1CCN(S(=O)(=O)c2ccc(C(=O)Nc3nnc(-c4cccs4)o3)cc2)CC1. The zero-order valence-corrected chi connectivity index (χ0v) is 19.3. The van der Waals surface area contributed by atoms with Crippen LogP contribution in [0.15, 0.2) is 51.1 Å². The van der Waals surface area contributed by atoms with E-state index >= 15 is 0 Å². The van der Waals surface area contributed by atoms with Crippen molar-refractivity contribution >= 4 is 39.4 Å². The second-order valence-corrected chi connectivity index (χ2v) is 9.84. The molecule has 0 spiro atoms. The molecule has 1 aliphatic heterocycles. The monoisotopic (exact) mass is 491 g/mol. The van der Waals surface area contributed by atoms with Gasteiger partial charge in [0.25, 0.3) is 11.8 Å². The van der Waals surface area contributed by atoms with Crippen LogP contribution >= 0.6 is 11.3 Å². The maximum absolute atomic E-state index is 12.9. The van der Waals surface area contributed by atoms with Crippen LogP contribution in [0.3, 0.4) is 0 Å². The van der Waals surface area contributed by atoms with Gasteiger partial charge in [-0.3, -0.25) is 10.1 Å². The summed E-state index contributed by atoms with van der Waals surface area (Å²) in [5.74, 6) is -0.215. The van der Waals surface area contributed by atoms with Crippen molar-refractivity contribution in [2.45, 2.75) is 11.8 Å². The second-order valence-electron chi connectivity index (χ2n) is 6.96. The molecule has 0 atom stereocenters. The van der Waals surface area contributed by atoms with Crippen molar-refractivity contribution in [3.63, 3.8) is 0 Å². The lowest BCUT2D eigenvalue weighted by Gasteiger charge is -2.33. The summed E-state index contributed by atoms with van der Waals surface area (Å²) in [6.45, 7) is 2.79. The lowest BCUT2D eigenvalue weighted by atomic mass is 10.2. The number of aromatic nitrogens is 2. The van der Waals surface area contributed by atoms with Gasteiger partial charge in [-0.1, -0.05) is 11.2 Å². The first-order chi connectivity index (χ1) is 15.9. The van der Waals surface area contributed by atoms with Crippen LogP contribution in [0.4, 0.5) is 10.8 Å². The van der Waals surface area contributed by atoms with E-state index in [-0.39, 0.29) is 49.3 Å². The zero-order valence-electron chi connectivity index (χ0n) is 17.6. The number of amides is 2. The summed E-state index contributed by atoms with van der Waals surface area (Å²) in [6.07, 6.45) is -0.450. The maximum atomic E-state index is 12.9. The number of carbonyl (C=O) groups excluding carboxylic acids is 2. The zero-order chi connectivity index (χ0) is 23.4. The van der Waals surface area contributed by atoms with E-state index in [0.717, 1.165) is 4.88 Å². The number of carbonyl (C=O) groups is 2. The number of rotatable bonds is 6. The van der Waals surface area contributed by atoms with E-state index in [1.165, 1.54) is 44.8 Å². The molecule has 11 nitrogen and oxygen atoms in total. The Hall–Kier alpha value is -3.29. The van der Waals surface area contributed by atoms with Gasteiger partial charge < -0.3 is 14.1 Å². The number of anilines is 1. The van der Waals surface area contributed by atoms with Gasteiger partial charge in [-0.05, 0) is 42.6 Å². The van der Waals surface area contributed by atoms with Gasteiger partial charge in [0.2, 0.25) is 10.0 Å². The summed E-state index contributed by atoms with van der Waals surface area (Å²) in [4.78, 5) is 26.6. The quantitative estimate of drug-likeness (QED) is 0.556. The molecule has 1 saturated heterocycles. The molecule has 174 valence electrons. The normalized spacial score (nSPS) is 14.8. The van der Waals surface area contributed by atoms with Gasteiger partial charge in [0.1, 0.15) is 0 Å². The fourth-order valence-corrected chi connectivity index (χ4v) is 5.26. The summed E-state index contributed by atoms with van der Waals surface area (Å²) in [6, 6.07) is 9.17.